The minimum Gasteiger partial charge on any atom is -0.466 e. The molecule has 3 N–H and O–H groups in total. The second kappa shape index (κ2) is 65.6. The van der Waals surface area contributed by atoms with Gasteiger partial charge in [0.15, 0.2) is 0 Å². The molecule has 448 valence electrons. The maximum absolute atomic E-state index is 12.4. The van der Waals surface area contributed by atoms with Gasteiger partial charge in [-0.3, -0.25) is 9.59 Å². The van der Waals surface area contributed by atoms with Crippen LogP contribution in [0.2, 0.25) is 0 Å². The van der Waals surface area contributed by atoms with Crippen molar-refractivity contribution in [1.82, 2.24) is 5.32 Å². The zero-order valence-corrected chi connectivity index (χ0v) is 51.3. The summed E-state index contributed by atoms with van der Waals surface area (Å²) in [6.07, 6.45) is 83.4. The summed E-state index contributed by atoms with van der Waals surface area (Å²) in [5.41, 5.74) is 0. The maximum atomic E-state index is 12.4. The van der Waals surface area contributed by atoms with Crippen molar-refractivity contribution in [2.45, 2.75) is 386 Å². The van der Waals surface area contributed by atoms with Crippen LogP contribution in [0.1, 0.15) is 373 Å². The van der Waals surface area contributed by atoms with E-state index in [1.54, 1.807) is 0 Å². The molecule has 0 aromatic heterocycles. The number of hydrogen-bond acceptors (Lipinski definition) is 5. The number of allylic oxidation sites excluding steroid dienone is 6. The van der Waals surface area contributed by atoms with Crippen molar-refractivity contribution >= 4 is 11.9 Å². The number of rotatable bonds is 64. The number of amides is 1. The highest BCUT2D eigenvalue weighted by Crippen LogP contribution is 2.18. The Hall–Kier alpha value is -1.92. The molecule has 2 atom stereocenters. The first-order valence-electron chi connectivity index (χ1n) is 34.2. The Bertz CT molecular complexity index is 1230. The van der Waals surface area contributed by atoms with Gasteiger partial charge in [-0.05, 0) is 83.5 Å². The van der Waals surface area contributed by atoms with E-state index in [4.69, 9.17) is 4.74 Å². The third-order valence-electron chi connectivity index (χ3n) is 15.9. The van der Waals surface area contributed by atoms with Crippen LogP contribution in [-0.4, -0.2) is 47.4 Å². The van der Waals surface area contributed by atoms with E-state index in [1.807, 2.05) is 0 Å². The number of nitrogens with one attached hydrogen (secondary N) is 1. The van der Waals surface area contributed by atoms with Gasteiger partial charge in [-0.15, -0.1) is 0 Å². The van der Waals surface area contributed by atoms with Crippen LogP contribution in [0.25, 0.3) is 0 Å². The van der Waals surface area contributed by atoms with Crippen LogP contribution < -0.4 is 5.32 Å². The summed E-state index contributed by atoms with van der Waals surface area (Å²) in [5, 5.41) is 23.2. The van der Waals surface area contributed by atoms with Gasteiger partial charge >= 0.3 is 5.97 Å². The highest BCUT2D eigenvalue weighted by atomic mass is 16.5. The third kappa shape index (κ3) is 61.3. The Morgan fingerprint density at radius 2 is 0.658 bits per heavy atom. The lowest BCUT2D eigenvalue weighted by Gasteiger charge is -2.22. The van der Waals surface area contributed by atoms with E-state index in [0.29, 0.717) is 25.9 Å². The second-order valence-electron chi connectivity index (χ2n) is 23.5. The van der Waals surface area contributed by atoms with Gasteiger partial charge in [0.25, 0.3) is 0 Å². The van der Waals surface area contributed by atoms with Crippen LogP contribution in [0.3, 0.4) is 0 Å². The lowest BCUT2D eigenvalue weighted by Crippen LogP contribution is -2.45. The molecule has 1 amide bonds. The van der Waals surface area contributed by atoms with Crippen LogP contribution in [0.5, 0.6) is 0 Å². The average Bonchev–Trinajstić information content (AvgIpc) is 3.42. The molecule has 0 heterocycles. The number of esters is 1. The molecule has 0 radical (unpaired) electrons. The molecule has 0 bridgehead atoms. The van der Waals surface area contributed by atoms with Crippen LogP contribution in [0.4, 0.5) is 0 Å². The first kappa shape index (κ1) is 74.1. The van der Waals surface area contributed by atoms with Crippen molar-refractivity contribution in [3.8, 4) is 0 Å². The summed E-state index contributed by atoms with van der Waals surface area (Å²) in [5.74, 6) is -0.0228. The Kier molecular flexibility index (Phi) is 63.9. The number of ether oxygens (including phenoxy) is 1. The van der Waals surface area contributed by atoms with Gasteiger partial charge in [0.05, 0.1) is 25.4 Å². The minimum atomic E-state index is -0.661. The van der Waals surface area contributed by atoms with Crippen molar-refractivity contribution in [2.24, 2.45) is 0 Å². The molecule has 0 spiro atoms. The van der Waals surface area contributed by atoms with Crippen molar-refractivity contribution < 1.29 is 24.5 Å². The molecular weight excluding hydrogens is 935 g/mol. The molecule has 0 saturated heterocycles. The molecule has 0 aliphatic heterocycles. The second-order valence-corrected chi connectivity index (χ2v) is 23.5. The zero-order chi connectivity index (χ0) is 55.0. The lowest BCUT2D eigenvalue weighted by atomic mass is 10.0. The summed E-state index contributed by atoms with van der Waals surface area (Å²) >= 11 is 0. The van der Waals surface area contributed by atoms with Gasteiger partial charge < -0.3 is 20.3 Å². The fraction of sp³-hybridized carbons (Fsp3) is 0.886. The summed E-state index contributed by atoms with van der Waals surface area (Å²) in [7, 11) is 0. The van der Waals surface area contributed by atoms with Crippen LogP contribution in [-0.2, 0) is 14.3 Å². The normalized spacial score (nSPS) is 12.7. The monoisotopic (exact) mass is 1070 g/mol. The lowest BCUT2D eigenvalue weighted by molar-refractivity contribution is -0.143. The summed E-state index contributed by atoms with van der Waals surface area (Å²) in [6.45, 7) is 4.94. The first-order chi connectivity index (χ1) is 37.5. The molecule has 0 aromatic carbocycles. The fourth-order valence-corrected chi connectivity index (χ4v) is 10.7. The Morgan fingerprint density at radius 1 is 0.368 bits per heavy atom. The quantitative estimate of drug-likeness (QED) is 0.0320. The molecule has 6 nitrogen and oxygen atoms in total. The van der Waals surface area contributed by atoms with Gasteiger partial charge in [-0.2, -0.15) is 0 Å². The highest BCUT2D eigenvalue weighted by molar-refractivity contribution is 5.76. The molecule has 0 aromatic rings. The van der Waals surface area contributed by atoms with Crippen molar-refractivity contribution in [1.29, 1.82) is 0 Å². The topological polar surface area (TPSA) is 95.9 Å². The van der Waals surface area contributed by atoms with E-state index >= 15 is 0 Å². The summed E-state index contributed by atoms with van der Waals surface area (Å²) in [4.78, 5) is 24.5. The maximum Gasteiger partial charge on any atom is 0.305 e. The predicted molar refractivity (Wildman–Crippen MR) is 333 cm³/mol. The number of unbranched alkanes of at least 4 members (excludes halogenated alkanes) is 47. The number of carbonyl (C=O) groups is 2. The molecular formula is C70H133NO5. The number of carbonyl (C=O) groups excluding carboxylic acids is 2. The number of aliphatic hydroxyl groups is 2. The summed E-state index contributed by atoms with van der Waals surface area (Å²) in [6, 6.07) is -0.538. The highest BCUT2D eigenvalue weighted by Gasteiger charge is 2.20. The average molecular weight is 1070 g/mol. The van der Waals surface area contributed by atoms with E-state index in [-0.39, 0.29) is 18.5 Å². The molecule has 6 heteroatoms. The number of aliphatic hydroxyl groups excluding tert-OH is 2. The van der Waals surface area contributed by atoms with E-state index in [0.717, 1.165) is 51.4 Å². The van der Waals surface area contributed by atoms with Crippen LogP contribution >= 0.6 is 0 Å². The Morgan fingerprint density at radius 3 is 1.03 bits per heavy atom. The molecule has 2 unspecified atom stereocenters. The van der Waals surface area contributed by atoms with Crippen LogP contribution in [0.15, 0.2) is 36.5 Å². The van der Waals surface area contributed by atoms with Gasteiger partial charge in [0.1, 0.15) is 0 Å². The van der Waals surface area contributed by atoms with Crippen molar-refractivity contribution in [3.05, 3.63) is 36.5 Å². The predicted octanol–water partition coefficient (Wildman–Crippen LogP) is 21.9. The molecule has 0 aliphatic carbocycles. The van der Waals surface area contributed by atoms with E-state index in [2.05, 4.69) is 55.6 Å². The van der Waals surface area contributed by atoms with E-state index in [1.165, 1.54) is 289 Å². The SMILES string of the molecule is CCCCCC/C=C\C/C=C\CCCCCCCCCC(=O)OCCCCCCCCCCCCCC/C=C\CCCCCCCCCCCCCCCCCC(=O)NC(CO)C(O)CCCCCCCCCCCC. The molecule has 76 heavy (non-hydrogen) atoms. The van der Waals surface area contributed by atoms with Crippen LogP contribution in [0, 0.1) is 0 Å². The molecule has 0 rings (SSSR count). The first-order valence-corrected chi connectivity index (χ1v) is 34.2. The standard InChI is InChI=1S/C70H133NO5/c1-3-5-7-9-11-13-15-16-17-18-35-38-41-44-48-52-56-60-64-70(75)76-65-61-57-53-49-45-42-39-36-33-31-29-27-25-23-21-19-20-22-24-26-28-30-32-34-37-40-43-47-51-55-59-63-69(74)71-67(66-72)68(73)62-58-54-50-46-14-12-10-8-6-4-2/h13,15,17-18,21,23,67-68,72-73H,3-12,14,16,19-20,22,24-66H2,1-2H3,(H,71,74)/b15-13-,18-17-,23-21-. The van der Waals surface area contributed by atoms with Gasteiger partial charge in [0.2, 0.25) is 5.91 Å². The summed E-state index contributed by atoms with van der Waals surface area (Å²) < 4.78 is 5.50. The van der Waals surface area contributed by atoms with E-state index < -0.39 is 12.1 Å². The molecule has 0 fully saturated rings. The molecule has 0 aliphatic rings. The van der Waals surface area contributed by atoms with E-state index in [9.17, 15) is 19.8 Å². The smallest absolute Gasteiger partial charge is 0.305 e. The number of hydrogen-bond donors (Lipinski definition) is 3. The minimum absolute atomic E-state index is 0.0105. The van der Waals surface area contributed by atoms with Gasteiger partial charge in [-0.25, -0.2) is 0 Å². The largest absolute Gasteiger partial charge is 0.466 e. The van der Waals surface area contributed by atoms with Crippen molar-refractivity contribution in [3.63, 3.8) is 0 Å². The Balaban J connectivity index is 3.33. The fourth-order valence-electron chi connectivity index (χ4n) is 10.7. The van der Waals surface area contributed by atoms with Gasteiger partial charge in [-0.1, -0.05) is 314 Å². The molecule has 0 saturated carbocycles. The van der Waals surface area contributed by atoms with Crippen molar-refractivity contribution in [2.75, 3.05) is 13.2 Å². The Labute approximate surface area is 474 Å². The van der Waals surface area contributed by atoms with Gasteiger partial charge in [0, 0.05) is 12.8 Å². The third-order valence-corrected chi connectivity index (χ3v) is 15.9. The zero-order valence-electron chi connectivity index (χ0n) is 51.3.